The number of fused-ring (bicyclic) bond motifs is 12. The zero-order valence-corrected chi connectivity index (χ0v) is 22.5. The molecule has 0 saturated heterocycles. The zero-order valence-electron chi connectivity index (χ0n) is 22.5. The van der Waals surface area contributed by atoms with Crippen molar-refractivity contribution in [2.45, 2.75) is 19.3 Å². The Morgan fingerprint density at radius 1 is 0.400 bits per heavy atom. The molecule has 1 nitrogen and oxygen atoms in total. The van der Waals surface area contributed by atoms with E-state index in [9.17, 15) is 0 Å². The minimum Gasteiger partial charge on any atom is -0.456 e. The van der Waals surface area contributed by atoms with Crippen LogP contribution in [0.5, 0.6) is 0 Å². The summed E-state index contributed by atoms with van der Waals surface area (Å²) in [7, 11) is 0. The van der Waals surface area contributed by atoms with E-state index in [-0.39, 0.29) is 5.41 Å². The molecule has 9 rings (SSSR count). The van der Waals surface area contributed by atoms with E-state index in [2.05, 4.69) is 135 Å². The monoisotopic (exact) mass is 510 g/mol. The van der Waals surface area contributed by atoms with Crippen molar-refractivity contribution in [2.24, 2.45) is 0 Å². The predicted molar refractivity (Wildman–Crippen MR) is 169 cm³/mol. The highest BCUT2D eigenvalue weighted by Gasteiger charge is 2.36. The SMILES string of the molecule is CC1(C)c2ccccc2-c2cc3c(cc21)oc1cc(-c2ccc4c5ccccc5c5ccccc5c4c2)ccc13. The molecule has 0 N–H and O–H groups in total. The van der Waals surface area contributed by atoms with Gasteiger partial charge in [0.25, 0.3) is 0 Å². The molecule has 40 heavy (non-hydrogen) atoms. The van der Waals surface area contributed by atoms with Crippen LogP contribution < -0.4 is 0 Å². The van der Waals surface area contributed by atoms with Gasteiger partial charge in [-0.05, 0) is 96.0 Å². The summed E-state index contributed by atoms with van der Waals surface area (Å²) in [6.45, 7) is 4.63. The molecule has 0 amide bonds. The lowest BCUT2D eigenvalue weighted by molar-refractivity contribution is 0.647. The van der Waals surface area contributed by atoms with E-state index in [1.165, 1.54) is 76.5 Å². The Hall–Kier alpha value is -4.88. The van der Waals surface area contributed by atoms with Gasteiger partial charge in [-0.3, -0.25) is 0 Å². The van der Waals surface area contributed by atoms with Crippen LogP contribution in [-0.2, 0) is 5.41 Å². The first-order valence-electron chi connectivity index (χ1n) is 14.0. The average molecular weight is 511 g/mol. The molecule has 0 atom stereocenters. The van der Waals surface area contributed by atoms with E-state index in [0.29, 0.717) is 0 Å². The van der Waals surface area contributed by atoms with E-state index in [1.807, 2.05) is 0 Å². The van der Waals surface area contributed by atoms with Crippen LogP contribution >= 0.6 is 0 Å². The minimum atomic E-state index is -0.0394. The van der Waals surface area contributed by atoms with E-state index >= 15 is 0 Å². The fourth-order valence-corrected chi connectivity index (χ4v) is 7.24. The first-order valence-corrected chi connectivity index (χ1v) is 14.0. The number of furan rings is 1. The summed E-state index contributed by atoms with van der Waals surface area (Å²) in [6.07, 6.45) is 0. The third-order valence-electron chi connectivity index (χ3n) is 9.25. The molecule has 0 aliphatic heterocycles. The van der Waals surface area contributed by atoms with Crippen LogP contribution in [0.4, 0.5) is 0 Å². The lowest BCUT2D eigenvalue weighted by Crippen LogP contribution is -2.14. The highest BCUT2D eigenvalue weighted by atomic mass is 16.3. The van der Waals surface area contributed by atoms with Crippen molar-refractivity contribution in [3.8, 4) is 22.3 Å². The van der Waals surface area contributed by atoms with Crippen LogP contribution in [0, 0.1) is 0 Å². The summed E-state index contributed by atoms with van der Waals surface area (Å²) < 4.78 is 6.55. The summed E-state index contributed by atoms with van der Waals surface area (Å²) in [4.78, 5) is 0. The first-order chi connectivity index (χ1) is 19.6. The second-order valence-corrected chi connectivity index (χ2v) is 11.7. The van der Waals surface area contributed by atoms with Crippen LogP contribution in [0.15, 0.2) is 126 Å². The Morgan fingerprint density at radius 3 is 1.68 bits per heavy atom. The van der Waals surface area contributed by atoms with Gasteiger partial charge < -0.3 is 4.42 Å². The molecule has 7 aromatic carbocycles. The Labute approximate surface area is 232 Å². The van der Waals surface area contributed by atoms with E-state index < -0.39 is 0 Å². The van der Waals surface area contributed by atoms with Gasteiger partial charge in [-0.1, -0.05) is 105 Å². The molecule has 1 heteroatoms. The average Bonchev–Trinajstić information content (AvgIpc) is 3.47. The molecule has 1 aliphatic rings. The minimum absolute atomic E-state index is 0.0394. The van der Waals surface area contributed by atoms with Crippen LogP contribution in [0.25, 0.3) is 76.5 Å². The van der Waals surface area contributed by atoms with Crippen LogP contribution in [0.3, 0.4) is 0 Å². The molecule has 0 unspecified atom stereocenters. The highest BCUT2D eigenvalue weighted by molar-refractivity contribution is 6.25. The molecule has 0 bridgehead atoms. The van der Waals surface area contributed by atoms with Crippen molar-refractivity contribution in [3.63, 3.8) is 0 Å². The Morgan fingerprint density at radius 2 is 0.950 bits per heavy atom. The number of hydrogen-bond donors (Lipinski definition) is 0. The fourth-order valence-electron chi connectivity index (χ4n) is 7.24. The second-order valence-electron chi connectivity index (χ2n) is 11.7. The van der Waals surface area contributed by atoms with E-state index in [0.717, 1.165) is 11.2 Å². The third kappa shape index (κ3) is 2.82. The first kappa shape index (κ1) is 22.0. The van der Waals surface area contributed by atoms with Crippen molar-refractivity contribution in [2.75, 3.05) is 0 Å². The number of rotatable bonds is 1. The largest absolute Gasteiger partial charge is 0.456 e. The maximum absolute atomic E-state index is 6.55. The maximum atomic E-state index is 6.55. The van der Waals surface area contributed by atoms with Gasteiger partial charge >= 0.3 is 0 Å². The molecule has 0 fully saturated rings. The lowest BCUT2D eigenvalue weighted by Gasteiger charge is -2.21. The molecule has 0 saturated carbocycles. The normalized spacial score (nSPS) is 13.9. The summed E-state index contributed by atoms with van der Waals surface area (Å²) in [5, 5.41) is 10.1. The van der Waals surface area contributed by atoms with E-state index in [4.69, 9.17) is 4.42 Å². The summed E-state index contributed by atoms with van der Waals surface area (Å²) >= 11 is 0. The van der Waals surface area contributed by atoms with Gasteiger partial charge in [-0.15, -0.1) is 0 Å². The van der Waals surface area contributed by atoms with Crippen LogP contribution in [-0.4, -0.2) is 0 Å². The van der Waals surface area contributed by atoms with Crippen molar-refractivity contribution < 1.29 is 4.42 Å². The third-order valence-corrected chi connectivity index (χ3v) is 9.25. The molecule has 1 aliphatic carbocycles. The van der Waals surface area contributed by atoms with Crippen molar-refractivity contribution in [1.82, 2.24) is 0 Å². The van der Waals surface area contributed by atoms with Crippen molar-refractivity contribution in [1.29, 1.82) is 0 Å². The van der Waals surface area contributed by atoms with Crippen molar-refractivity contribution >= 4 is 54.3 Å². The standard InChI is InChI=1S/C39H26O/c1-39(2)35-14-8-7-13-30(35)33-21-34-31-18-16-24(20-37(31)40-38(34)22-36(33)39)23-15-17-29-27-11-4-3-9-25(27)26-10-5-6-12-28(26)32(29)19-23/h3-22H,1-2H3. The summed E-state index contributed by atoms with van der Waals surface area (Å²) in [5.74, 6) is 0. The van der Waals surface area contributed by atoms with E-state index in [1.54, 1.807) is 0 Å². The molecule has 188 valence electrons. The van der Waals surface area contributed by atoms with Gasteiger partial charge in [0, 0.05) is 16.2 Å². The Balaban J connectivity index is 1.25. The maximum Gasteiger partial charge on any atom is 0.136 e. The Kier molecular flexibility index (Phi) is 4.18. The van der Waals surface area contributed by atoms with Gasteiger partial charge in [0.2, 0.25) is 0 Å². The fraction of sp³-hybridized carbons (Fsp3) is 0.0769. The molecule has 0 spiro atoms. The zero-order chi connectivity index (χ0) is 26.6. The number of benzene rings is 7. The quantitative estimate of drug-likeness (QED) is 0.200. The predicted octanol–water partition coefficient (Wildman–Crippen LogP) is 11.0. The number of hydrogen-bond acceptors (Lipinski definition) is 1. The molecule has 0 radical (unpaired) electrons. The lowest BCUT2D eigenvalue weighted by atomic mass is 9.82. The molecule has 1 heterocycles. The van der Waals surface area contributed by atoms with Gasteiger partial charge in [0.1, 0.15) is 11.2 Å². The molecule has 8 aromatic rings. The van der Waals surface area contributed by atoms with Gasteiger partial charge in [0.15, 0.2) is 0 Å². The second kappa shape index (κ2) is 7.61. The van der Waals surface area contributed by atoms with Gasteiger partial charge in [-0.2, -0.15) is 0 Å². The molecule has 1 aromatic heterocycles. The van der Waals surface area contributed by atoms with Crippen molar-refractivity contribution in [3.05, 3.63) is 132 Å². The summed E-state index contributed by atoms with van der Waals surface area (Å²) in [5.41, 5.74) is 9.63. The van der Waals surface area contributed by atoms with Gasteiger partial charge in [-0.25, -0.2) is 0 Å². The van der Waals surface area contributed by atoms with Crippen LogP contribution in [0.2, 0.25) is 0 Å². The summed E-state index contributed by atoms with van der Waals surface area (Å²) in [6, 6.07) is 44.5. The van der Waals surface area contributed by atoms with Gasteiger partial charge in [0.05, 0.1) is 0 Å². The Bertz CT molecular complexity index is 2310. The molecular weight excluding hydrogens is 484 g/mol. The molecular formula is C39H26O. The smallest absolute Gasteiger partial charge is 0.136 e. The topological polar surface area (TPSA) is 13.1 Å². The highest BCUT2D eigenvalue weighted by Crippen LogP contribution is 2.50. The van der Waals surface area contributed by atoms with Crippen LogP contribution in [0.1, 0.15) is 25.0 Å².